The van der Waals surface area contributed by atoms with E-state index in [2.05, 4.69) is 72.5 Å². The molecule has 0 aliphatic heterocycles. The van der Waals surface area contributed by atoms with E-state index in [4.69, 9.17) is 0 Å². The summed E-state index contributed by atoms with van der Waals surface area (Å²) in [5.41, 5.74) is 0.625. The minimum absolute atomic E-state index is 0.0366. The van der Waals surface area contributed by atoms with Gasteiger partial charge in [-0.25, -0.2) is 0 Å². The van der Waals surface area contributed by atoms with Gasteiger partial charge in [-0.2, -0.15) is 0 Å². The van der Waals surface area contributed by atoms with Gasteiger partial charge in [-0.15, -0.1) is 0 Å². The first-order valence-electron chi connectivity index (χ1n) is 5.80. The van der Waals surface area contributed by atoms with Crippen LogP contribution in [0.4, 0.5) is 0 Å². The molecular formula is C13H14I3NO3. The van der Waals surface area contributed by atoms with Crippen LogP contribution in [0.2, 0.25) is 0 Å². The number of halogens is 3. The summed E-state index contributed by atoms with van der Waals surface area (Å²) in [5.74, 6) is -0.561. The molecule has 0 aromatic heterocycles. The first kappa shape index (κ1) is 18.4. The van der Waals surface area contributed by atoms with E-state index >= 15 is 0 Å². The molecule has 0 N–H and O–H groups in total. The predicted molar refractivity (Wildman–Crippen MR) is 103 cm³/mol. The Bertz CT molecular complexity index is 532. The lowest BCUT2D eigenvalue weighted by molar-refractivity contribution is -0.141. The molecule has 0 unspecified atom stereocenters. The monoisotopic (exact) mass is 613 g/mol. The molecule has 0 fully saturated rings. The van der Waals surface area contributed by atoms with Gasteiger partial charge in [-0.05, 0) is 93.8 Å². The number of nitrogens with zero attached hydrogens (tertiary/aromatic N) is 1. The molecule has 7 heteroatoms. The third-order valence-electron chi connectivity index (χ3n) is 2.63. The first-order chi connectivity index (χ1) is 9.27. The Morgan fingerprint density at radius 2 is 1.85 bits per heavy atom. The summed E-state index contributed by atoms with van der Waals surface area (Å²) >= 11 is 6.55. The van der Waals surface area contributed by atoms with Crippen molar-refractivity contribution in [3.05, 3.63) is 28.4 Å². The molecule has 0 aliphatic rings. The van der Waals surface area contributed by atoms with Gasteiger partial charge in [0.05, 0.1) is 12.7 Å². The number of carbonyl (C=O) groups is 2. The summed E-state index contributed by atoms with van der Waals surface area (Å²) < 4.78 is 7.59. The number of ether oxygens (including phenoxy) is 1. The van der Waals surface area contributed by atoms with Crippen molar-refractivity contribution in [3.63, 3.8) is 0 Å². The van der Waals surface area contributed by atoms with Crippen LogP contribution in [0, 0.1) is 10.7 Å². The van der Waals surface area contributed by atoms with Crippen molar-refractivity contribution in [1.29, 1.82) is 0 Å². The molecule has 1 amide bonds. The molecule has 0 spiro atoms. The van der Waals surface area contributed by atoms with Gasteiger partial charge >= 0.3 is 5.97 Å². The van der Waals surface area contributed by atoms with Gasteiger partial charge in [-0.1, -0.05) is 0 Å². The predicted octanol–water partition coefficient (Wildman–Crippen LogP) is 3.52. The molecule has 110 valence electrons. The van der Waals surface area contributed by atoms with E-state index in [-0.39, 0.29) is 18.5 Å². The minimum Gasteiger partial charge on any atom is -0.468 e. The average Bonchev–Trinajstić information content (AvgIpc) is 2.38. The molecule has 20 heavy (non-hydrogen) atoms. The van der Waals surface area contributed by atoms with E-state index < -0.39 is 5.97 Å². The van der Waals surface area contributed by atoms with Crippen molar-refractivity contribution in [1.82, 2.24) is 4.90 Å². The number of carbonyl (C=O) groups excluding carboxylic acids is 2. The van der Waals surface area contributed by atoms with Crippen LogP contribution in [0.1, 0.15) is 24.2 Å². The summed E-state index contributed by atoms with van der Waals surface area (Å²) in [6.45, 7) is 3.73. The maximum atomic E-state index is 12.7. The van der Waals surface area contributed by atoms with E-state index in [0.717, 1.165) is 10.7 Å². The van der Waals surface area contributed by atoms with E-state index in [1.165, 1.54) is 12.0 Å². The van der Waals surface area contributed by atoms with E-state index in [1.54, 1.807) is 0 Å². The highest BCUT2D eigenvalue weighted by atomic mass is 127. The lowest BCUT2D eigenvalue weighted by Crippen LogP contribution is -2.41. The van der Waals surface area contributed by atoms with Crippen LogP contribution in [0.15, 0.2) is 12.1 Å². The molecule has 1 aromatic carbocycles. The number of benzene rings is 1. The Morgan fingerprint density at radius 3 is 2.35 bits per heavy atom. The molecule has 0 bridgehead atoms. The molecule has 0 saturated heterocycles. The zero-order valence-corrected chi connectivity index (χ0v) is 17.7. The largest absolute Gasteiger partial charge is 0.468 e. The topological polar surface area (TPSA) is 46.6 Å². The fourth-order valence-corrected chi connectivity index (χ4v) is 3.95. The van der Waals surface area contributed by atoms with Crippen molar-refractivity contribution in [2.75, 3.05) is 13.7 Å². The summed E-state index contributed by atoms with van der Waals surface area (Å²) in [6, 6.07) is 3.78. The number of esters is 1. The Labute approximate surface area is 159 Å². The summed E-state index contributed by atoms with van der Waals surface area (Å²) in [4.78, 5) is 25.7. The molecule has 1 aromatic rings. The number of hydrogen-bond donors (Lipinski definition) is 0. The molecule has 0 heterocycles. The lowest BCUT2D eigenvalue weighted by atomic mass is 10.1. The van der Waals surface area contributed by atoms with Crippen molar-refractivity contribution < 1.29 is 14.3 Å². The van der Waals surface area contributed by atoms with Crippen molar-refractivity contribution in [2.45, 2.75) is 19.9 Å². The maximum Gasteiger partial charge on any atom is 0.325 e. The van der Waals surface area contributed by atoms with Crippen LogP contribution in [0.25, 0.3) is 0 Å². The normalized spacial score (nSPS) is 10.6. The second kappa shape index (κ2) is 8.11. The van der Waals surface area contributed by atoms with E-state index in [1.807, 2.05) is 26.0 Å². The van der Waals surface area contributed by atoms with Crippen molar-refractivity contribution in [3.8, 4) is 0 Å². The highest BCUT2D eigenvalue weighted by molar-refractivity contribution is 14.1. The quantitative estimate of drug-likeness (QED) is 0.297. The van der Waals surface area contributed by atoms with Gasteiger partial charge in [0.1, 0.15) is 6.54 Å². The Morgan fingerprint density at radius 1 is 1.25 bits per heavy atom. The zero-order chi connectivity index (χ0) is 15.4. The molecular weight excluding hydrogens is 599 g/mol. The van der Waals surface area contributed by atoms with E-state index in [0.29, 0.717) is 5.56 Å². The zero-order valence-electron chi connectivity index (χ0n) is 11.2. The summed E-state index contributed by atoms with van der Waals surface area (Å²) in [7, 11) is 1.32. The number of methoxy groups -OCH3 is 1. The van der Waals surface area contributed by atoms with Crippen LogP contribution in [-0.4, -0.2) is 36.5 Å². The number of rotatable bonds is 4. The molecule has 4 nitrogen and oxygen atoms in total. The molecule has 0 saturated carbocycles. The average molecular weight is 613 g/mol. The van der Waals surface area contributed by atoms with Gasteiger partial charge in [0.15, 0.2) is 0 Å². The third-order valence-corrected chi connectivity index (χ3v) is 6.30. The summed E-state index contributed by atoms with van der Waals surface area (Å²) in [5, 5.41) is 0. The standard InChI is InChI=1S/C13H14I3NO3/c1-7(2)17(6-11(18)20-3)13(19)9-4-8(14)5-10(15)12(9)16/h4-5,7H,6H2,1-3H3. The highest BCUT2D eigenvalue weighted by Gasteiger charge is 2.24. The van der Waals surface area contributed by atoms with Crippen LogP contribution >= 0.6 is 67.8 Å². The van der Waals surface area contributed by atoms with E-state index in [9.17, 15) is 9.59 Å². The Balaban J connectivity index is 3.16. The Hall–Kier alpha value is 0.350. The number of hydrogen-bond acceptors (Lipinski definition) is 3. The SMILES string of the molecule is COC(=O)CN(C(=O)c1cc(I)cc(I)c1I)C(C)C. The fourth-order valence-electron chi connectivity index (χ4n) is 1.56. The minimum atomic E-state index is -0.414. The molecule has 1 rings (SSSR count). The van der Waals surface area contributed by atoms with Crippen molar-refractivity contribution in [2.24, 2.45) is 0 Å². The van der Waals surface area contributed by atoms with Gasteiger partial charge in [0.25, 0.3) is 5.91 Å². The third kappa shape index (κ3) is 4.68. The van der Waals surface area contributed by atoms with Gasteiger partial charge in [-0.3, -0.25) is 9.59 Å². The lowest BCUT2D eigenvalue weighted by Gasteiger charge is -2.26. The molecule has 0 aliphatic carbocycles. The van der Waals surface area contributed by atoms with Crippen LogP contribution in [0.3, 0.4) is 0 Å². The van der Waals surface area contributed by atoms with Crippen LogP contribution < -0.4 is 0 Å². The van der Waals surface area contributed by atoms with Gasteiger partial charge < -0.3 is 9.64 Å². The smallest absolute Gasteiger partial charge is 0.325 e. The fraction of sp³-hybridized carbons (Fsp3) is 0.385. The number of amides is 1. The highest BCUT2D eigenvalue weighted by Crippen LogP contribution is 2.24. The van der Waals surface area contributed by atoms with Crippen LogP contribution in [-0.2, 0) is 9.53 Å². The molecule has 0 atom stereocenters. The van der Waals surface area contributed by atoms with Crippen molar-refractivity contribution >= 4 is 79.6 Å². The summed E-state index contributed by atoms with van der Waals surface area (Å²) in [6.07, 6.45) is 0. The van der Waals surface area contributed by atoms with Gasteiger partial charge in [0, 0.05) is 16.8 Å². The first-order valence-corrected chi connectivity index (χ1v) is 9.03. The second-order valence-corrected chi connectivity index (χ2v) is 7.84. The Kier molecular flexibility index (Phi) is 7.46. The van der Waals surface area contributed by atoms with Gasteiger partial charge in [0.2, 0.25) is 0 Å². The second-order valence-electron chi connectivity index (χ2n) is 4.35. The molecule has 0 radical (unpaired) electrons. The maximum absolute atomic E-state index is 12.7. The van der Waals surface area contributed by atoms with Crippen LogP contribution in [0.5, 0.6) is 0 Å².